The highest BCUT2D eigenvalue weighted by Crippen LogP contribution is 2.25. The van der Waals surface area contributed by atoms with Gasteiger partial charge in [0.05, 0.1) is 18.8 Å². The molecule has 3 aliphatic rings. The van der Waals surface area contributed by atoms with Crippen molar-refractivity contribution in [2.75, 3.05) is 39.8 Å². The van der Waals surface area contributed by atoms with Crippen molar-refractivity contribution >= 4 is 41.6 Å². The number of aliphatic imine (C=N–C) groups is 1. The van der Waals surface area contributed by atoms with E-state index in [1.54, 1.807) is 7.11 Å². The van der Waals surface area contributed by atoms with Gasteiger partial charge in [0, 0.05) is 42.3 Å². The van der Waals surface area contributed by atoms with Gasteiger partial charge in [-0.1, -0.05) is 6.08 Å². The molecule has 1 fully saturated rings. The number of amidine groups is 1. The van der Waals surface area contributed by atoms with E-state index in [-0.39, 0.29) is 30.6 Å². The van der Waals surface area contributed by atoms with Crippen molar-refractivity contribution in [3.63, 3.8) is 0 Å². The zero-order valence-corrected chi connectivity index (χ0v) is 21.7. The number of aromatic nitrogens is 1. The van der Waals surface area contributed by atoms with E-state index in [4.69, 9.17) is 4.74 Å². The van der Waals surface area contributed by atoms with Crippen LogP contribution in [0.3, 0.4) is 0 Å². The van der Waals surface area contributed by atoms with Crippen molar-refractivity contribution < 1.29 is 9.13 Å². The van der Waals surface area contributed by atoms with E-state index in [2.05, 4.69) is 37.7 Å². The molecule has 0 bridgehead atoms. The van der Waals surface area contributed by atoms with Gasteiger partial charge < -0.3 is 20.3 Å². The summed E-state index contributed by atoms with van der Waals surface area (Å²) in [7, 11) is 1.63. The van der Waals surface area contributed by atoms with E-state index in [0.717, 1.165) is 86.5 Å². The fraction of sp³-hybridized carbons (Fsp3) is 0.462. The standard InChI is InChI=1S/C26H32FN5O.2ClH/c1-33-21-6-7-25-23(15-21)22(24(27)17-30-25)10-14-32-12-8-19(9-13-32)29-16-20-5-4-18-3-2-11-28-26(18)31-20;;/h4-7,15,17,19,29H,2-3,8-14,16H2,1H3,(H,28,31);2*1H. The summed E-state index contributed by atoms with van der Waals surface area (Å²) in [6, 6.07) is 6.15. The van der Waals surface area contributed by atoms with Crippen LogP contribution in [0.25, 0.3) is 10.9 Å². The Kier molecular flexibility index (Phi) is 9.92. The first-order valence-electron chi connectivity index (χ1n) is 12.0. The summed E-state index contributed by atoms with van der Waals surface area (Å²) in [6.45, 7) is 4.65. The number of pyridine rings is 1. The fourth-order valence-corrected chi connectivity index (χ4v) is 4.93. The number of rotatable bonds is 7. The quantitative estimate of drug-likeness (QED) is 0.564. The van der Waals surface area contributed by atoms with Crippen molar-refractivity contribution in [1.82, 2.24) is 20.5 Å². The minimum atomic E-state index is -0.236. The number of hydrogen-bond acceptors (Lipinski definition) is 6. The molecule has 6 nitrogen and oxygen atoms in total. The highest BCUT2D eigenvalue weighted by Gasteiger charge is 2.21. The normalized spacial score (nSPS) is 18.3. The maximum Gasteiger partial charge on any atom is 0.145 e. The third kappa shape index (κ3) is 6.53. The summed E-state index contributed by atoms with van der Waals surface area (Å²) in [4.78, 5) is 11.3. The fourth-order valence-electron chi connectivity index (χ4n) is 4.93. The molecule has 0 saturated carbocycles. The summed E-state index contributed by atoms with van der Waals surface area (Å²) in [5, 5.41) is 8.04. The average Bonchev–Trinajstić information content (AvgIpc) is 2.87. The van der Waals surface area contributed by atoms with Crippen molar-refractivity contribution in [3.05, 3.63) is 59.2 Å². The lowest BCUT2D eigenvalue weighted by Gasteiger charge is -2.33. The molecule has 9 heteroatoms. The predicted molar refractivity (Wildman–Crippen MR) is 145 cm³/mol. The number of ether oxygens (including phenoxy) is 1. The van der Waals surface area contributed by atoms with Crippen molar-refractivity contribution in [2.24, 2.45) is 4.99 Å². The Morgan fingerprint density at radius 3 is 2.83 bits per heavy atom. The van der Waals surface area contributed by atoms with E-state index in [1.165, 1.54) is 17.5 Å². The molecule has 0 unspecified atom stereocenters. The van der Waals surface area contributed by atoms with Gasteiger partial charge in [-0.3, -0.25) is 9.98 Å². The maximum atomic E-state index is 14.6. The summed E-state index contributed by atoms with van der Waals surface area (Å²) in [5.74, 6) is 1.55. The van der Waals surface area contributed by atoms with Crippen LogP contribution >= 0.6 is 24.8 Å². The zero-order valence-electron chi connectivity index (χ0n) is 20.1. The number of nitrogens with one attached hydrogen (secondary N) is 2. The number of allylic oxidation sites excluding steroid dienone is 2. The molecule has 0 amide bonds. The van der Waals surface area contributed by atoms with Crippen LogP contribution in [0.1, 0.15) is 31.2 Å². The van der Waals surface area contributed by atoms with Crippen LogP contribution in [0.15, 0.2) is 52.8 Å². The van der Waals surface area contributed by atoms with E-state index < -0.39 is 0 Å². The summed E-state index contributed by atoms with van der Waals surface area (Å²) < 4.78 is 19.9. The summed E-state index contributed by atoms with van der Waals surface area (Å²) in [5.41, 5.74) is 4.06. The number of methoxy groups -OCH3 is 1. The number of piperidine rings is 1. The Labute approximate surface area is 218 Å². The molecule has 0 radical (unpaired) electrons. The lowest BCUT2D eigenvalue weighted by Crippen LogP contribution is -2.45. The summed E-state index contributed by atoms with van der Waals surface area (Å²) >= 11 is 0. The highest BCUT2D eigenvalue weighted by molar-refractivity contribution is 6.01. The molecule has 4 heterocycles. The minimum absolute atomic E-state index is 0. The number of nitrogens with zero attached hydrogens (tertiary/aromatic N) is 3. The smallest absolute Gasteiger partial charge is 0.145 e. The Bertz CT molecular complexity index is 1110. The van der Waals surface area contributed by atoms with Gasteiger partial charge in [-0.05, 0) is 75.0 Å². The topological polar surface area (TPSA) is 61.8 Å². The highest BCUT2D eigenvalue weighted by atomic mass is 35.5. The first kappa shape index (κ1) is 27.4. The molecule has 2 N–H and O–H groups in total. The molecule has 2 aromatic rings. The third-order valence-corrected chi connectivity index (χ3v) is 6.92. The van der Waals surface area contributed by atoms with Gasteiger partial charge in [-0.25, -0.2) is 4.39 Å². The van der Waals surface area contributed by atoms with Crippen LogP contribution in [-0.4, -0.2) is 61.6 Å². The molecule has 0 spiro atoms. The number of fused-ring (bicyclic) bond motifs is 2. The molecular formula is C26H34Cl2FN5O. The predicted octanol–water partition coefficient (Wildman–Crippen LogP) is 4.43. The molecule has 1 aromatic heterocycles. The van der Waals surface area contributed by atoms with Crippen LogP contribution < -0.4 is 15.4 Å². The number of benzene rings is 1. The Balaban J connectivity index is 0.00000171. The molecule has 0 aliphatic carbocycles. The number of halogens is 3. The molecule has 5 rings (SSSR count). The van der Waals surface area contributed by atoms with E-state index in [1.807, 2.05) is 18.2 Å². The van der Waals surface area contributed by atoms with Crippen LogP contribution in [-0.2, 0) is 6.42 Å². The van der Waals surface area contributed by atoms with Crippen LogP contribution in [0.2, 0.25) is 0 Å². The van der Waals surface area contributed by atoms with E-state index >= 15 is 0 Å². The van der Waals surface area contributed by atoms with Crippen LogP contribution in [0, 0.1) is 5.82 Å². The lowest BCUT2D eigenvalue weighted by atomic mass is 10.0. The number of hydrogen-bond donors (Lipinski definition) is 2. The van der Waals surface area contributed by atoms with E-state index in [9.17, 15) is 4.39 Å². The van der Waals surface area contributed by atoms with Crippen molar-refractivity contribution in [2.45, 2.75) is 38.1 Å². The molecular weight excluding hydrogens is 488 g/mol. The SMILES string of the molecule is COc1ccc2ncc(F)c(CCN3CCC(NCC4=CC=C5CCCN=C5N4)CC3)c2c1.Cl.Cl. The third-order valence-electron chi connectivity index (χ3n) is 6.92. The van der Waals surface area contributed by atoms with Crippen molar-refractivity contribution in [3.8, 4) is 5.75 Å². The average molecular weight is 522 g/mol. The van der Waals surface area contributed by atoms with Gasteiger partial charge in [0.25, 0.3) is 0 Å². The Hall–Kier alpha value is -2.19. The van der Waals surface area contributed by atoms with Crippen LogP contribution in [0.4, 0.5) is 4.39 Å². The number of likely N-dealkylation sites (tertiary alicyclic amines) is 1. The molecule has 0 atom stereocenters. The minimum Gasteiger partial charge on any atom is -0.497 e. The molecule has 190 valence electrons. The Morgan fingerprint density at radius 2 is 2.03 bits per heavy atom. The second-order valence-corrected chi connectivity index (χ2v) is 9.06. The number of dihydropyridines is 1. The van der Waals surface area contributed by atoms with Gasteiger partial charge in [-0.2, -0.15) is 0 Å². The van der Waals surface area contributed by atoms with Gasteiger partial charge >= 0.3 is 0 Å². The summed E-state index contributed by atoms with van der Waals surface area (Å²) in [6.07, 6.45) is 10.9. The van der Waals surface area contributed by atoms with Crippen molar-refractivity contribution in [1.29, 1.82) is 0 Å². The molecule has 3 aliphatic heterocycles. The zero-order chi connectivity index (χ0) is 22.6. The monoisotopic (exact) mass is 521 g/mol. The van der Waals surface area contributed by atoms with E-state index in [0.29, 0.717) is 12.5 Å². The second-order valence-electron chi connectivity index (χ2n) is 9.06. The first-order chi connectivity index (χ1) is 16.2. The van der Waals surface area contributed by atoms with Gasteiger partial charge in [0.2, 0.25) is 0 Å². The molecule has 35 heavy (non-hydrogen) atoms. The molecule has 1 aromatic carbocycles. The Morgan fingerprint density at radius 1 is 1.20 bits per heavy atom. The maximum absolute atomic E-state index is 14.6. The lowest BCUT2D eigenvalue weighted by molar-refractivity contribution is 0.201. The van der Waals surface area contributed by atoms with Gasteiger partial charge in [0.1, 0.15) is 17.4 Å². The first-order valence-corrected chi connectivity index (χ1v) is 12.0. The second kappa shape index (κ2) is 12.7. The van der Waals surface area contributed by atoms with Gasteiger partial charge in [-0.15, -0.1) is 24.8 Å². The molecule has 1 saturated heterocycles. The van der Waals surface area contributed by atoms with Gasteiger partial charge in [0.15, 0.2) is 0 Å². The largest absolute Gasteiger partial charge is 0.497 e. The van der Waals surface area contributed by atoms with Crippen LogP contribution in [0.5, 0.6) is 5.75 Å².